The normalized spacial score (nSPS) is 11.9. The third-order valence-corrected chi connectivity index (χ3v) is 3.81. The Hall–Kier alpha value is 0.367. The van der Waals surface area contributed by atoms with Crippen LogP contribution in [0.15, 0.2) is 24.5 Å². The van der Waals surface area contributed by atoms with Crippen LogP contribution in [-0.2, 0) is 6.54 Å². The molecule has 0 fully saturated rings. The summed E-state index contributed by atoms with van der Waals surface area (Å²) in [5.41, 5.74) is 0. The van der Waals surface area contributed by atoms with E-state index in [0.29, 0.717) is 6.04 Å². The van der Waals surface area contributed by atoms with Crippen molar-refractivity contribution < 1.29 is 0 Å². The summed E-state index contributed by atoms with van der Waals surface area (Å²) in [5, 5.41) is 0. The van der Waals surface area contributed by atoms with Gasteiger partial charge in [-0.15, -0.1) is 33.2 Å². The van der Waals surface area contributed by atoms with E-state index in [1.165, 1.54) is 0 Å². The second-order valence-electron chi connectivity index (χ2n) is 2.29. The fourth-order valence-electron chi connectivity index (χ4n) is 0.775. The first-order valence-corrected chi connectivity index (χ1v) is 8.50. The predicted molar refractivity (Wildman–Crippen MR) is 52.6 cm³/mol. The Morgan fingerprint density at radius 3 is 2.09 bits per heavy atom. The van der Waals surface area contributed by atoms with Crippen LogP contribution in [0.2, 0.25) is 6.04 Å². The van der Waals surface area contributed by atoms with E-state index < -0.39 is 6.00 Å². The summed E-state index contributed by atoms with van der Waals surface area (Å²) in [6, 6.07) is 2.17. The smallest absolute Gasteiger partial charge is 0.343 e. The lowest BCUT2D eigenvalue weighted by molar-refractivity contribution is 0.765. The first-order chi connectivity index (χ1) is 5.08. The molecule has 0 aliphatic carbocycles. The Morgan fingerprint density at radius 1 is 1.09 bits per heavy atom. The second kappa shape index (κ2) is 3.85. The van der Waals surface area contributed by atoms with Crippen molar-refractivity contribution in [3.63, 3.8) is 0 Å². The van der Waals surface area contributed by atoms with Gasteiger partial charge in [0.1, 0.15) is 0 Å². The van der Waals surface area contributed by atoms with Gasteiger partial charge >= 0.3 is 6.00 Å². The minimum absolute atomic E-state index is 0.673. The van der Waals surface area contributed by atoms with Gasteiger partial charge in [-0.05, 0) is 12.1 Å². The van der Waals surface area contributed by atoms with Gasteiger partial charge in [0.15, 0.2) is 0 Å². The first kappa shape index (κ1) is 9.45. The van der Waals surface area contributed by atoms with E-state index in [-0.39, 0.29) is 0 Å². The number of nitrogens with zero attached hydrogens (tertiary/aromatic N) is 1. The molecule has 0 spiro atoms. The molecule has 0 aliphatic rings. The van der Waals surface area contributed by atoms with Crippen LogP contribution in [0.3, 0.4) is 0 Å². The van der Waals surface area contributed by atoms with Gasteiger partial charge < -0.3 is 4.57 Å². The fraction of sp³-hybridized carbons (Fsp3) is 0.333. The highest BCUT2D eigenvalue weighted by molar-refractivity contribution is 7.64. The molecule has 0 amide bonds. The molecule has 0 atom stereocenters. The van der Waals surface area contributed by atoms with E-state index in [2.05, 4.69) is 0 Å². The fourth-order valence-corrected chi connectivity index (χ4v) is 2.05. The molecule has 0 N–H and O–H groups in total. The summed E-state index contributed by atoms with van der Waals surface area (Å²) in [4.78, 5) is 0. The number of halogens is 3. The maximum Gasteiger partial charge on any atom is 0.343 e. The van der Waals surface area contributed by atoms with Gasteiger partial charge in [0, 0.05) is 25.0 Å². The summed E-state index contributed by atoms with van der Waals surface area (Å²) >= 11 is 17.1. The lowest BCUT2D eigenvalue weighted by atomic mass is 10.7. The van der Waals surface area contributed by atoms with Crippen molar-refractivity contribution in [2.24, 2.45) is 0 Å². The quantitative estimate of drug-likeness (QED) is 0.553. The van der Waals surface area contributed by atoms with Crippen LogP contribution in [0.4, 0.5) is 0 Å². The molecule has 11 heavy (non-hydrogen) atoms. The van der Waals surface area contributed by atoms with Gasteiger partial charge in [0.05, 0.1) is 0 Å². The molecule has 1 heterocycles. The maximum absolute atomic E-state index is 5.71. The van der Waals surface area contributed by atoms with E-state index in [4.69, 9.17) is 33.2 Å². The van der Waals surface area contributed by atoms with Gasteiger partial charge in [0.25, 0.3) is 0 Å². The maximum atomic E-state index is 5.71. The Kier molecular flexibility index (Phi) is 3.31. The molecule has 0 saturated heterocycles. The van der Waals surface area contributed by atoms with Crippen molar-refractivity contribution in [1.29, 1.82) is 0 Å². The Bertz CT molecular complexity index is 204. The molecule has 0 saturated carbocycles. The number of aromatic nitrogens is 1. The van der Waals surface area contributed by atoms with Crippen LogP contribution < -0.4 is 0 Å². The average Bonchev–Trinajstić information content (AvgIpc) is 2.32. The molecule has 1 aromatic heterocycles. The molecule has 62 valence electrons. The van der Waals surface area contributed by atoms with Crippen LogP contribution >= 0.6 is 33.2 Å². The minimum Gasteiger partial charge on any atom is -0.354 e. The highest BCUT2D eigenvalue weighted by Gasteiger charge is 2.23. The van der Waals surface area contributed by atoms with E-state index in [9.17, 15) is 0 Å². The van der Waals surface area contributed by atoms with E-state index in [1.54, 1.807) is 0 Å². The van der Waals surface area contributed by atoms with Crippen molar-refractivity contribution >= 4 is 39.2 Å². The summed E-state index contributed by atoms with van der Waals surface area (Å²) in [7, 11) is 0. The number of rotatable bonds is 3. The molecule has 0 aromatic carbocycles. The minimum atomic E-state index is -2.42. The summed E-state index contributed by atoms with van der Waals surface area (Å²) in [6.45, 7) is 0.801. The van der Waals surface area contributed by atoms with Crippen LogP contribution in [0.25, 0.3) is 0 Å². The van der Waals surface area contributed by atoms with Gasteiger partial charge in [-0.1, -0.05) is 0 Å². The van der Waals surface area contributed by atoms with Crippen molar-refractivity contribution in [2.75, 3.05) is 0 Å². The molecule has 0 bridgehead atoms. The molecule has 0 aliphatic heterocycles. The van der Waals surface area contributed by atoms with Crippen molar-refractivity contribution in [1.82, 2.24) is 4.57 Å². The molecule has 1 rings (SSSR count). The van der Waals surface area contributed by atoms with Crippen LogP contribution in [0.1, 0.15) is 0 Å². The van der Waals surface area contributed by atoms with Gasteiger partial charge in [-0.25, -0.2) is 0 Å². The van der Waals surface area contributed by atoms with Crippen LogP contribution in [0.5, 0.6) is 0 Å². The standard InChI is InChI=1S/C6H8Cl3NSi/c7-11(8,9)6-5-10-3-1-2-4-10/h1-4H,5-6H2. The third kappa shape index (κ3) is 4.06. The highest BCUT2D eigenvalue weighted by Crippen LogP contribution is 2.25. The first-order valence-electron chi connectivity index (χ1n) is 3.25. The van der Waals surface area contributed by atoms with Crippen molar-refractivity contribution in [3.8, 4) is 0 Å². The van der Waals surface area contributed by atoms with E-state index in [1.807, 2.05) is 29.1 Å². The van der Waals surface area contributed by atoms with Crippen molar-refractivity contribution in [2.45, 2.75) is 12.6 Å². The zero-order chi connectivity index (χ0) is 8.32. The molecule has 1 aromatic rings. The molecular weight excluding hydrogens is 221 g/mol. The zero-order valence-corrected chi connectivity index (χ0v) is 9.07. The highest BCUT2D eigenvalue weighted by atomic mass is 35.8. The predicted octanol–water partition coefficient (Wildman–Crippen LogP) is 3.14. The van der Waals surface area contributed by atoms with Gasteiger partial charge in [-0.3, -0.25) is 0 Å². The summed E-state index contributed by atoms with van der Waals surface area (Å²) in [6.07, 6.45) is 3.93. The number of aryl methyl sites for hydroxylation is 1. The summed E-state index contributed by atoms with van der Waals surface area (Å²) in [5.74, 6) is 0. The molecule has 5 heteroatoms. The third-order valence-electron chi connectivity index (χ3n) is 1.32. The molecule has 1 nitrogen and oxygen atoms in total. The van der Waals surface area contributed by atoms with Gasteiger partial charge in [0.2, 0.25) is 0 Å². The van der Waals surface area contributed by atoms with Crippen LogP contribution in [-0.4, -0.2) is 10.6 Å². The van der Waals surface area contributed by atoms with Gasteiger partial charge in [-0.2, -0.15) is 0 Å². The lowest BCUT2D eigenvalue weighted by Gasteiger charge is -2.07. The summed E-state index contributed by atoms with van der Waals surface area (Å²) < 4.78 is 2.01. The topological polar surface area (TPSA) is 4.93 Å². The monoisotopic (exact) mass is 227 g/mol. The average molecular weight is 229 g/mol. The molecule has 0 radical (unpaired) electrons. The molecule has 0 unspecified atom stereocenters. The SMILES string of the molecule is Cl[Si](Cl)(Cl)CCn1cccc1. The lowest BCUT2D eigenvalue weighted by Crippen LogP contribution is -2.12. The second-order valence-corrected chi connectivity index (χ2v) is 11.6. The Balaban J connectivity index is 2.35. The number of hydrogen-bond acceptors (Lipinski definition) is 0. The Labute approximate surface area is 81.0 Å². The largest absolute Gasteiger partial charge is 0.354 e. The van der Waals surface area contributed by atoms with Crippen LogP contribution in [0, 0.1) is 0 Å². The van der Waals surface area contributed by atoms with E-state index >= 15 is 0 Å². The zero-order valence-electron chi connectivity index (χ0n) is 5.80. The van der Waals surface area contributed by atoms with Crippen molar-refractivity contribution in [3.05, 3.63) is 24.5 Å². The number of hydrogen-bond donors (Lipinski definition) is 0. The molecular formula is C6H8Cl3NSi. The Morgan fingerprint density at radius 2 is 1.64 bits per heavy atom. The van der Waals surface area contributed by atoms with E-state index in [0.717, 1.165) is 6.54 Å².